The monoisotopic (exact) mass is 369 g/mol. The van der Waals surface area contributed by atoms with Gasteiger partial charge in [-0.3, -0.25) is 9.48 Å². The maximum Gasteiger partial charge on any atom is 0.258 e. The number of carbonyl (C=O) groups excluding carboxylic acids is 1. The third kappa shape index (κ3) is 4.20. The van der Waals surface area contributed by atoms with Crippen molar-refractivity contribution in [1.29, 1.82) is 0 Å². The molecule has 24 heavy (non-hydrogen) atoms. The van der Waals surface area contributed by atoms with Crippen molar-refractivity contribution in [3.63, 3.8) is 0 Å². The Kier molecular flexibility index (Phi) is 5.60. The van der Waals surface area contributed by atoms with Crippen molar-refractivity contribution in [2.45, 2.75) is 19.6 Å². The van der Waals surface area contributed by atoms with Crippen molar-refractivity contribution in [1.82, 2.24) is 15.1 Å². The van der Waals surface area contributed by atoms with E-state index in [2.05, 4.69) is 10.4 Å². The molecule has 0 saturated heterocycles. The van der Waals surface area contributed by atoms with Crippen molar-refractivity contribution >= 4 is 29.1 Å². The summed E-state index contributed by atoms with van der Waals surface area (Å²) in [7, 11) is 0. The van der Waals surface area contributed by atoms with E-state index in [1.165, 1.54) is 5.69 Å². The molecule has 0 bridgehead atoms. The van der Waals surface area contributed by atoms with Crippen molar-refractivity contribution in [2.24, 2.45) is 0 Å². The Bertz CT molecular complexity index is 733. The number of fused-ring (bicyclic) bond motifs is 1. The van der Waals surface area contributed by atoms with Crippen molar-refractivity contribution in [3.8, 4) is 5.75 Å². The lowest BCUT2D eigenvalue weighted by molar-refractivity contribution is -0.123. The first-order valence-corrected chi connectivity index (χ1v) is 8.35. The van der Waals surface area contributed by atoms with Gasteiger partial charge in [-0.15, -0.1) is 0 Å². The van der Waals surface area contributed by atoms with Gasteiger partial charge < -0.3 is 14.8 Å². The zero-order valence-corrected chi connectivity index (χ0v) is 14.4. The Balaban J connectivity index is 1.43. The molecule has 1 aromatic carbocycles. The summed E-state index contributed by atoms with van der Waals surface area (Å²) in [6.45, 7) is 2.30. The van der Waals surface area contributed by atoms with Crippen LogP contribution >= 0.6 is 23.2 Å². The molecule has 0 atom stereocenters. The zero-order chi connectivity index (χ0) is 16.9. The molecule has 1 aliphatic heterocycles. The summed E-state index contributed by atoms with van der Waals surface area (Å²) in [4.78, 5) is 11.9. The Labute approximate surface area is 149 Å². The van der Waals surface area contributed by atoms with Gasteiger partial charge in [0.15, 0.2) is 6.61 Å². The Morgan fingerprint density at radius 2 is 2.29 bits per heavy atom. The largest absolute Gasteiger partial charge is 0.482 e. The maximum absolute atomic E-state index is 11.9. The van der Waals surface area contributed by atoms with Gasteiger partial charge in [0.25, 0.3) is 5.91 Å². The SMILES string of the molecule is O=C(COc1ccc(Cl)cc1Cl)NCCn1ncc2c1CCOC2. The van der Waals surface area contributed by atoms with Crippen LogP contribution in [0.4, 0.5) is 0 Å². The third-order valence-corrected chi connectivity index (χ3v) is 4.20. The topological polar surface area (TPSA) is 65.4 Å². The summed E-state index contributed by atoms with van der Waals surface area (Å²) in [6, 6.07) is 4.86. The van der Waals surface area contributed by atoms with Crippen molar-refractivity contribution in [2.75, 3.05) is 19.8 Å². The molecular weight excluding hydrogens is 353 g/mol. The molecule has 1 amide bonds. The maximum atomic E-state index is 11.9. The first kappa shape index (κ1) is 17.1. The fourth-order valence-electron chi connectivity index (χ4n) is 2.49. The van der Waals surface area contributed by atoms with Crippen LogP contribution in [-0.2, 0) is 29.1 Å². The number of aromatic nitrogens is 2. The molecule has 2 heterocycles. The number of hydrogen-bond acceptors (Lipinski definition) is 4. The first-order chi connectivity index (χ1) is 11.6. The lowest BCUT2D eigenvalue weighted by Crippen LogP contribution is -2.32. The van der Waals surface area contributed by atoms with Crippen LogP contribution in [0, 0.1) is 0 Å². The fourth-order valence-corrected chi connectivity index (χ4v) is 2.95. The van der Waals surface area contributed by atoms with Crippen molar-refractivity contribution in [3.05, 3.63) is 45.7 Å². The molecule has 1 aliphatic rings. The van der Waals surface area contributed by atoms with Gasteiger partial charge >= 0.3 is 0 Å². The second-order valence-corrected chi connectivity index (χ2v) is 6.20. The number of ether oxygens (including phenoxy) is 2. The van der Waals surface area contributed by atoms with Crippen LogP contribution in [0.1, 0.15) is 11.3 Å². The van der Waals surface area contributed by atoms with Gasteiger partial charge in [-0.1, -0.05) is 23.2 Å². The summed E-state index contributed by atoms with van der Waals surface area (Å²) in [6.07, 6.45) is 2.67. The van der Waals surface area contributed by atoms with Crippen LogP contribution in [0.3, 0.4) is 0 Å². The average Bonchev–Trinajstić information content (AvgIpc) is 2.97. The number of hydrogen-bond donors (Lipinski definition) is 1. The predicted molar refractivity (Wildman–Crippen MR) is 90.6 cm³/mol. The van der Waals surface area contributed by atoms with E-state index in [0.717, 1.165) is 12.0 Å². The second kappa shape index (κ2) is 7.88. The van der Waals surface area contributed by atoms with Gasteiger partial charge in [0, 0.05) is 29.2 Å². The molecule has 0 unspecified atom stereocenters. The quantitative estimate of drug-likeness (QED) is 0.849. The summed E-state index contributed by atoms with van der Waals surface area (Å²) in [5.41, 5.74) is 2.30. The van der Waals surface area contributed by atoms with Gasteiger partial charge in [0.1, 0.15) is 5.75 Å². The second-order valence-electron chi connectivity index (χ2n) is 5.36. The highest BCUT2D eigenvalue weighted by Crippen LogP contribution is 2.27. The van der Waals surface area contributed by atoms with Crippen LogP contribution in [0.5, 0.6) is 5.75 Å². The summed E-state index contributed by atoms with van der Waals surface area (Å²) >= 11 is 11.8. The van der Waals surface area contributed by atoms with Crippen LogP contribution in [0.15, 0.2) is 24.4 Å². The molecule has 8 heteroatoms. The number of carbonyl (C=O) groups is 1. The van der Waals surface area contributed by atoms with Crippen LogP contribution in [-0.4, -0.2) is 35.4 Å². The molecule has 0 aliphatic carbocycles. The highest BCUT2D eigenvalue weighted by Gasteiger charge is 2.15. The summed E-state index contributed by atoms with van der Waals surface area (Å²) < 4.78 is 12.7. The van der Waals surface area contributed by atoms with Crippen molar-refractivity contribution < 1.29 is 14.3 Å². The molecule has 1 N–H and O–H groups in total. The zero-order valence-electron chi connectivity index (χ0n) is 12.9. The molecule has 6 nitrogen and oxygen atoms in total. The molecule has 0 saturated carbocycles. The lowest BCUT2D eigenvalue weighted by Gasteiger charge is -2.15. The normalized spacial score (nSPS) is 13.4. The highest BCUT2D eigenvalue weighted by atomic mass is 35.5. The van der Waals surface area contributed by atoms with E-state index >= 15 is 0 Å². The van der Waals surface area contributed by atoms with E-state index in [-0.39, 0.29) is 12.5 Å². The van der Waals surface area contributed by atoms with Gasteiger partial charge in [-0.2, -0.15) is 5.10 Å². The van der Waals surface area contributed by atoms with Gasteiger partial charge in [0.2, 0.25) is 0 Å². The highest BCUT2D eigenvalue weighted by molar-refractivity contribution is 6.35. The Morgan fingerprint density at radius 1 is 1.42 bits per heavy atom. The van der Waals surface area contributed by atoms with Gasteiger partial charge in [-0.25, -0.2) is 0 Å². The number of amides is 1. The fraction of sp³-hybridized carbons (Fsp3) is 0.375. The minimum Gasteiger partial charge on any atom is -0.482 e. The van der Waals surface area contributed by atoms with Crippen LogP contribution in [0.25, 0.3) is 0 Å². The molecule has 0 radical (unpaired) electrons. The van der Waals surface area contributed by atoms with E-state index in [1.54, 1.807) is 18.2 Å². The minimum atomic E-state index is -0.217. The summed E-state index contributed by atoms with van der Waals surface area (Å²) in [5.74, 6) is 0.211. The molecule has 128 valence electrons. The molecular formula is C16H17Cl2N3O3. The number of nitrogens with zero attached hydrogens (tertiary/aromatic N) is 2. The van der Waals surface area contributed by atoms with E-state index in [4.69, 9.17) is 32.7 Å². The van der Waals surface area contributed by atoms with E-state index in [0.29, 0.717) is 42.1 Å². The Hall–Kier alpha value is -1.76. The van der Waals surface area contributed by atoms with E-state index in [9.17, 15) is 4.79 Å². The van der Waals surface area contributed by atoms with Crippen LogP contribution < -0.4 is 10.1 Å². The number of benzene rings is 1. The average molecular weight is 370 g/mol. The van der Waals surface area contributed by atoms with Gasteiger partial charge in [0.05, 0.1) is 31.0 Å². The van der Waals surface area contributed by atoms with E-state index < -0.39 is 0 Å². The number of nitrogens with one attached hydrogen (secondary N) is 1. The predicted octanol–water partition coefficient (Wildman–Crippen LogP) is 2.46. The number of rotatable bonds is 6. The molecule has 1 aromatic heterocycles. The van der Waals surface area contributed by atoms with Gasteiger partial charge in [-0.05, 0) is 18.2 Å². The lowest BCUT2D eigenvalue weighted by atomic mass is 10.2. The number of halogens is 2. The summed E-state index contributed by atoms with van der Waals surface area (Å²) in [5, 5.41) is 8.03. The molecule has 0 fully saturated rings. The minimum absolute atomic E-state index is 0.105. The standard InChI is InChI=1S/C16H17Cl2N3O3/c17-12-1-2-15(13(18)7-12)24-10-16(22)19-4-5-21-14-3-6-23-9-11(14)8-20-21/h1-2,7-8H,3-6,9-10H2,(H,19,22). The van der Waals surface area contributed by atoms with Crippen LogP contribution in [0.2, 0.25) is 10.0 Å². The third-order valence-electron chi connectivity index (χ3n) is 3.67. The molecule has 3 rings (SSSR count). The first-order valence-electron chi connectivity index (χ1n) is 7.59. The Morgan fingerprint density at radius 3 is 3.12 bits per heavy atom. The smallest absolute Gasteiger partial charge is 0.258 e. The molecule has 0 spiro atoms. The molecule has 2 aromatic rings. The van der Waals surface area contributed by atoms with E-state index in [1.807, 2.05) is 10.9 Å².